The molecule has 0 saturated heterocycles. The smallest absolute Gasteiger partial charge is 0.221 e. The summed E-state index contributed by atoms with van der Waals surface area (Å²) in [5.41, 5.74) is 0. The molecule has 1 aromatic rings. The van der Waals surface area contributed by atoms with Gasteiger partial charge in [-0.25, -0.2) is 0 Å². The Balaban J connectivity index is 1.61. The van der Waals surface area contributed by atoms with Gasteiger partial charge >= 0.3 is 0 Å². The number of hydrogen-bond donors (Lipinski definition) is 2. The van der Waals surface area contributed by atoms with Crippen LogP contribution in [-0.4, -0.2) is 29.4 Å². The zero-order valence-electron chi connectivity index (χ0n) is 11.8. The molecule has 0 atom stereocenters. The molecule has 0 aliphatic heterocycles. The van der Waals surface area contributed by atoms with E-state index in [1.54, 1.807) is 11.8 Å². The number of aliphatic hydroxyl groups excluding tert-OH is 1. The first-order chi connectivity index (χ1) is 9.78. The average molecular weight is 293 g/mol. The topological polar surface area (TPSA) is 49.3 Å². The highest BCUT2D eigenvalue weighted by molar-refractivity contribution is 7.99. The summed E-state index contributed by atoms with van der Waals surface area (Å²) in [6.07, 6.45) is 4.63. The molecule has 20 heavy (non-hydrogen) atoms. The number of benzene rings is 1. The van der Waals surface area contributed by atoms with E-state index < -0.39 is 0 Å². The molecule has 1 saturated carbocycles. The summed E-state index contributed by atoms with van der Waals surface area (Å²) in [5.74, 6) is 1.42. The van der Waals surface area contributed by atoms with Crippen molar-refractivity contribution in [1.29, 1.82) is 0 Å². The van der Waals surface area contributed by atoms with Gasteiger partial charge < -0.3 is 10.4 Å². The molecule has 3 nitrogen and oxygen atoms in total. The molecule has 1 aromatic carbocycles. The Morgan fingerprint density at radius 1 is 1.20 bits per heavy atom. The second-order valence-electron chi connectivity index (χ2n) is 5.38. The fraction of sp³-hybridized carbons (Fsp3) is 0.562. The Hall–Kier alpha value is -1.00. The molecule has 1 aliphatic carbocycles. The Morgan fingerprint density at radius 3 is 2.55 bits per heavy atom. The summed E-state index contributed by atoms with van der Waals surface area (Å²) in [5, 5.41) is 12.2. The van der Waals surface area contributed by atoms with Crippen molar-refractivity contribution in [2.45, 2.75) is 43.0 Å². The molecular formula is C16H23NO2S. The number of amides is 1. The lowest BCUT2D eigenvalue weighted by Crippen LogP contribution is -2.38. The third-order valence-corrected chi connectivity index (χ3v) is 4.82. The van der Waals surface area contributed by atoms with Crippen LogP contribution in [0.3, 0.4) is 0 Å². The lowest BCUT2D eigenvalue weighted by Gasteiger charge is -2.27. The van der Waals surface area contributed by atoms with Crippen molar-refractivity contribution in [3.05, 3.63) is 30.3 Å². The summed E-state index contributed by atoms with van der Waals surface area (Å²) >= 11 is 1.72. The Morgan fingerprint density at radius 2 is 1.90 bits per heavy atom. The van der Waals surface area contributed by atoms with Gasteiger partial charge in [-0.3, -0.25) is 4.79 Å². The van der Waals surface area contributed by atoms with Gasteiger partial charge in [0.05, 0.1) is 0 Å². The average Bonchev–Trinajstić information content (AvgIpc) is 2.49. The molecule has 0 heterocycles. The van der Waals surface area contributed by atoms with Crippen LogP contribution in [0.25, 0.3) is 0 Å². The minimum absolute atomic E-state index is 0.154. The quantitative estimate of drug-likeness (QED) is 0.793. The summed E-state index contributed by atoms with van der Waals surface area (Å²) in [6, 6.07) is 10.5. The van der Waals surface area contributed by atoms with Crippen LogP contribution in [-0.2, 0) is 4.79 Å². The number of rotatable bonds is 6. The molecule has 4 heteroatoms. The number of carbonyl (C=O) groups is 1. The summed E-state index contributed by atoms with van der Waals surface area (Å²) in [4.78, 5) is 13.1. The molecule has 1 fully saturated rings. The second kappa shape index (κ2) is 8.32. The third-order valence-electron chi connectivity index (χ3n) is 3.81. The van der Waals surface area contributed by atoms with Crippen LogP contribution in [0.5, 0.6) is 0 Å². The Kier molecular flexibility index (Phi) is 6.40. The molecule has 110 valence electrons. The van der Waals surface area contributed by atoms with Crippen molar-refractivity contribution < 1.29 is 9.90 Å². The standard InChI is InChI=1S/C16H23NO2S/c18-12-13-6-8-14(9-7-13)17-16(19)10-11-20-15-4-2-1-3-5-15/h1-5,13-14,18H,6-12H2,(H,17,19). The van der Waals surface area contributed by atoms with Crippen LogP contribution in [0.1, 0.15) is 32.1 Å². The highest BCUT2D eigenvalue weighted by Gasteiger charge is 2.21. The van der Waals surface area contributed by atoms with E-state index in [1.165, 1.54) is 4.90 Å². The van der Waals surface area contributed by atoms with E-state index in [2.05, 4.69) is 17.4 Å². The summed E-state index contributed by atoms with van der Waals surface area (Å²) in [7, 11) is 0. The van der Waals surface area contributed by atoms with E-state index in [4.69, 9.17) is 5.11 Å². The first-order valence-electron chi connectivity index (χ1n) is 7.36. The maximum Gasteiger partial charge on any atom is 0.221 e. The summed E-state index contributed by atoms with van der Waals surface area (Å²) < 4.78 is 0. The van der Waals surface area contributed by atoms with Crippen molar-refractivity contribution in [2.75, 3.05) is 12.4 Å². The lowest BCUT2D eigenvalue weighted by molar-refractivity contribution is -0.121. The predicted octanol–water partition coefficient (Wildman–Crippen LogP) is 2.84. The van der Waals surface area contributed by atoms with E-state index >= 15 is 0 Å². The minimum Gasteiger partial charge on any atom is -0.396 e. The predicted molar refractivity (Wildman–Crippen MR) is 82.8 cm³/mol. The largest absolute Gasteiger partial charge is 0.396 e. The molecular weight excluding hydrogens is 270 g/mol. The normalized spacial score (nSPS) is 22.4. The zero-order chi connectivity index (χ0) is 14.2. The molecule has 0 spiro atoms. The molecule has 1 amide bonds. The first-order valence-corrected chi connectivity index (χ1v) is 8.34. The van der Waals surface area contributed by atoms with Gasteiger partial charge in [-0.05, 0) is 43.7 Å². The third kappa shape index (κ3) is 5.17. The van der Waals surface area contributed by atoms with E-state index in [1.807, 2.05) is 18.2 Å². The zero-order valence-corrected chi connectivity index (χ0v) is 12.6. The van der Waals surface area contributed by atoms with Crippen LogP contribution >= 0.6 is 11.8 Å². The van der Waals surface area contributed by atoms with Crippen molar-refractivity contribution in [3.63, 3.8) is 0 Å². The molecule has 0 unspecified atom stereocenters. The van der Waals surface area contributed by atoms with Gasteiger partial charge in [-0.1, -0.05) is 18.2 Å². The van der Waals surface area contributed by atoms with E-state index in [0.29, 0.717) is 18.4 Å². The molecule has 0 bridgehead atoms. The van der Waals surface area contributed by atoms with Crippen molar-refractivity contribution in [3.8, 4) is 0 Å². The van der Waals surface area contributed by atoms with E-state index in [-0.39, 0.29) is 12.5 Å². The van der Waals surface area contributed by atoms with Gasteiger partial charge in [0.2, 0.25) is 5.91 Å². The second-order valence-corrected chi connectivity index (χ2v) is 6.55. The Bertz CT molecular complexity index is 402. The van der Waals surface area contributed by atoms with Gasteiger partial charge in [0, 0.05) is 29.7 Å². The molecule has 2 rings (SSSR count). The summed E-state index contributed by atoms with van der Waals surface area (Å²) in [6.45, 7) is 0.286. The van der Waals surface area contributed by atoms with Gasteiger partial charge in [0.25, 0.3) is 0 Å². The monoisotopic (exact) mass is 293 g/mol. The van der Waals surface area contributed by atoms with Gasteiger partial charge in [-0.15, -0.1) is 11.8 Å². The molecule has 0 aromatic heterocycles. The number of nitrogens with one attached hydrogen (secondary N) is 1. The van der Waals surface area contributed by atoms with Crippen molar-refractivity contribution >= 4 is 17.7 Å². The minimum atomic E-state index is 0.154. The number of aliphatic hydroxyl groups is 1. The lowest BCUT2D eigenvalue weighted by atomic mass is 9.86. The number of carbonyl (C=O) groups excluding carboxylic acids is 1. The maximum absolute atomic E-state index is 11.9. The fourth-order valence-electron chi connectivity index (χ4n) is 2.57. The molecule has 0 radical (unpaired) electrons. The highest BCUT2D eigenvalue weighted by Crippen LogP contribution is 2.24. The number of hydrogen-bond acceptors (Lipinski definition) is 3. The van der Waals surface area contributed by atoms with Crippen molar-refractivity contribution in [2.24, 2.45) is 5.92 Å². The fourth-order valence-corrected chi connectivity index (χ4v) is 3.44. The van der Waals surface area contributed by atoms with Gasteiger partial charge in [0.1, 0.15) is 0 Å². The highest BCUT2D eigenvalue weighted by atomic mass is 32.2. The molecule has 1 aliphatic rings. The van der Waals surface area contributed by atoms with Crippen LogP contribution in [0.4, 0.5) is 0 Å². The Labute approximate surface area is 125 Å². The van der Waals surface area contributed by atoms with Crippen LogP contribution in [0, 0.1) is 5.92 Å². The van der Waals surface area contributed by atoms with Gasteiger partial charge in [-0.2, -0.15) is 0 Å². The number of thioether (sulfide) groups is 1. The van der Waals surface area contributed by atoms with Crippen LogP contribution in [0.15, 0.2) is 35.2 Å². The van der Waals surface area contributed by atoms with E-state index in [9.17, 15) is 4.79 Å². The van der Waals surface area contributed by atoms with Gasteiger partial charge in [0.15, 0.2) is 0 Å². The van der Waals surface area contributed by atoms with Crippen molar-refractivity contribution in [1.82, 2.24) is 5.32 Å². The SMILES string of the molecule is O=C(CCSc1ccccc1)NC1CCC(CO)CC1. The van der Waals surface area contributed by atoms with Crippen LogP contribution in [0.2, 0.25) is 0 Å². The maximum atomic E-state index is 11.9. The van der Waals surface area contributed by atoms with Crippen LogP contribution < -0.4 is 5.32 Å². The van der Waals surface area contributed by atoms with E-state index in [0.717, 1.165) is 31.4 Å². The molecule has 2 N–H and O–H groups in total. The first kappa shape index (κ1) is 15.4.